The number of benzene rings is 2. The number of carbonyl (C=O) groups excluding carboxylic acids is 1. The third-order valence-electron chi connectivity index (χ3n) is 3.37. The number of amides is 2. The van der Waals surface area contributed by atoms with E-state index in [0.29, 0.717) is 5.02 Å². The van der Waals surface area contributed by atoms with E-state index in [-0.39, 0.29) is 12.1 Å². The molecular formula is C15H13ClN2O. The highest BCUT2D eigenvalue weighted by atomic mass is 35.5. The maximum absolute atomic E-state index is 12.0. The second-order valence-corrected chi connectivity index (χ2v) is 5.02. The van der Waals surface area contributed by atoms with Crippen molar-refractivity contribution in [2.24, 2.45) is 0 Å². The minimum absolute atomic E-state index is 0.108. The number of halogens is 1. The minimum Gasteiger partial charge on any atom is -0.316 e. The third kappa shape index (κ3) is 2.06. The maximum Gasteiger partial charge on any atom is 0.322 e. The maximum atomic E-state index is 12.0. The lowest BCUT2D eigenvalue weighted by Gasteiger charge is -2.35. The van der Waals surface area contributed by atoms with Gasteiger partial charge in [-0.05, 0) is 23.8 Å². The standard InChI is InChI=1S/C15H13ClN2O/c1-18-14(10-5-3-2-4-6-10)12-9-11(16)7-8-13(12)17-15(18)19/h2-9,14H,1H3,(H,17,19). The third-order valence-corrected chi connectivity index (χ3v) is 3.61. The molecule has 0 radical (unpaired) electrons. The second kappa shape index (κ2) is 4.59. The normalized spacial score (nSPS) is 17.9. The van der Waals surface area contributed by atoms with Gasteiger partial charge in [-0.1, -0.05) is 41.9 Å². The molecule has 2 aromatic rings. The Morgan fingerprint density at radius 2 is 1.89 bits per heavy atom. The zero-order valence-electron chi connectivity index (χ0n) is 10.4. The van der Waals surface area contributed by atoms with Gasteiger partial charge in [0.05, 0.1) is 6.04 Å². The topological polar surface area (TPSA) is 32.3 Å². The first-order valence-corrected chi connectivity index (χ1v) is 6.43. The van der Waals surface area contributed by atoms with Gasteiger partial charge in [0, 0.05) is 23.3 Å². The van der Waals surface area contributed by atoms with E-state index in [1.54, 1.807) is 18.0 Å². The van der Waals surface area contributed by atoms with E-state index in [4.69, 9.17) is 11.6 Å². The van der Waals surface area contributed by atoms with Crippen molar-refractivity contribution in [2.75, 3.05) is 12.4 Å². The number of urea groups is 1. The quantitative estimate of drug-likeness (QED) is 0.839. The van der Waals surface area contributed by atoms with Gasteiger partial charge in [-0.15, -0.1) is 0 Å². The van der Waals surface area contributed by atoms with Crippen molar-refractivity contribution in [3.8, 4) is 0 Å². The molecule has 19 heavy (non-hydrogen) atoms. The van der Waals surface area contributed by atoms with Gasteiger partial charge in [-0.25, -0.2) is 4.79 Å². The molecule has 3 nitrogen and oxygen atoms in total. The van der Waals surface area contributed by atoms with E-state index in [9.17, 15) is 4.79 Å². The van der Waals surface area contributed by atoms with E-state index in [1.165, 1.54) is 0 Å². The predicted molar refractivity (Wildman–Crippen MR) is 76.5 cm³/mol. The van der Waals surface area contributed by atoms with Crippen LogP contribution in [0.2, 0.25) is 5.02 Å². The Morgan fingerprint density at radius 1 is 1.16 bits per heavy atom. The van der Waals surface area contributed by atoms with E-state index < -0.39 is 0 Å². The molecule has 1 atom stereocenters. The molecule has 0 aliphatic carbocycles. The van der Waals surface area contributed by atoms with Crippen molar-refractivity contribution in [1.82, 2.24) is 4.90 Å². The van der Waals surface area contributed by atoms with Gasteiger partial charge in [0.2, 0.25) is 0 Å². The van der Waals surface area contributed by atoms with Gasteiger partial charge in [0.15, 0.2) is 0 Å². The zero-order chi connectivity index (χ0) is 13.4. The van der Waals surface area contributed by atoms with Crippen molar-refractivity contribution in [3.05, 3.63) is 64.7 Å². The molecule has 1 heterocycles. The Kier molecular flexibility index (Phi) is 2.91. The number of nitrogens with one attached hydrogen (secondary N) is 1. The molecule has 1 aliphatic rings. The molecule has 0 aromatic heterocycles. The van der Waals surface area contributed by atoms with Crippen LogP contribution in [-0.2, 0) is 0 Å². The minimum atomic E-state index is -0.108. The first-order chi connectivity index (χ1) is 9.16. The fourth-order valence-corrected chi connectivity index (χ4v) is 2.62. The summed E-state index contributed by atoms with van der Waals surface area (Å²) < 4.78 is 0. The molecule has 2 amide bonds. The molecule has 0 fully saturated rings. The lowest BCUT2D eigenvalue weighted by Crippen LogP contribution is -2.39. The number of anilines is 1. The van der Waals surface area contributed by atoms with Crippen LogP contribution in [0.4, 0.5) is 10.5 Å². The van der Waals surface area contributed by atoms with Gasteiger partial charge >= 0.3 is 6.03 Å². The van der Waals surface area contributed by atoms with Crippen molar-refractivity contribution in [1.29, 1.82) is 0 Å². The molecule has 4 heteroatoms. The Hall–Kier alpha value is -2.00. The summed E-state index contributed by atoms with van der Waals surface area (Å²) in [6, 6.07) is 15.3. The Bertz CT molecular complexity index is 627. The van der Waals surface area contributed by atoms with Gasteiger partial charge in [-0.3, -0.25) is 0 Å². The molecule has 0 spiro atoms. The molecule has 1 N–H and O–H groups in total. The van der Waals surface area contributed by atoms with Crippen LogP contribution in [0.3, 0.4) is 0 Å². The largest absolute Gasteiger partial charge is 0.322 e. The van der Waals surface area contributed by atoms with Crippen LogP contribution in [0.25, 0.3) is 0 Å². The van der Waals surface area contributed by atoms with E-state index in [2.05, 4.69) is 5.32 Å². The predicted octanol–water partition coefficient (Wildman–Crippen LogP) is 3.91. The first-order valence-electron chi connectivity index (χ1n) is 6.05. The number of rotatable bonds is 1. The summed E-state index contributed by atoms with van der Waals surface area (Å²) in [5.41, 5.74) is 2.91. The van der Waals surface area contributed by atoms with Crippen LogP contribution < -0.4 is 5.32 Å². The Morgan fingerprint density at radius 3 is 2.63 bits per heavy atom. The smallest absolute Gasteiger partial charge is 0.316 e. The highest BCUT2D eigenvalue weighted by molar-refractivity contribution is 6.30. The molecule has 3 rings (SSSR count). The van der Waals surface area contributed by atoms with Crippen molar-refractivity contribution >= 4 is 23.3 Å². The summed E-state index contributed by atoms with van der Waals surface area (Å²) in [6.45, 7) is 0. The SMILES string of the molecule is CN1C(=O)Nc2ccc(Cl)cc2C1c1ccccc1. The van der Waals surface area contributed by atoms with Crippen LogP contribution in [0, 0.1) is 0 Å². The summed E-state index contributed by atoms with van der Waals surface area (Å²) in [6.07, 6.45) is 0. The van der Waals surface area contributed by atoms with Crippen LogP contribution in [-0.4, -0.2) is 18.0 Å². The average molecular weight is 273 g/mol. The zero-order valence-corrected chi connectivity index (χ0v) is 11.2. The van der Waals surface area contributed by atoms with Gasteiger partial charge in [-0.2, -0.15) is 0 Å². The van der Waals surface area contributed by atoms with E-state index in [1.807, 2.05) is 42.5 Å². The number of nitrogens with zero attached hydrogens (tertiary/aromatic N) is 1. The number of carbonyl (C=O) groups is 1. The summed E-state index contributed by atoms with van der Waals surface area (Å²) in [5, 5.41) is 3.54. The molecular weight excluding hydrogens is 260 g/mol. The molecule has 0 bridgehead atoms. The van der Waals surface area contributed by atoms with Crippen LogP contribution in [0.5, 0.6) is 0 Å². The van der Waals surface area contributed by atoms with Gasteiger partial charge in [0.25, 0.3) is 0 Å². The van der Waals surface area contributed by atoms with Crippen molar-refractivity contribution < 1.29 is 4.79 Å². The highest BCUT2D eigenvalue weighted by Crippen LogP contribution is 2.37. The van der Waals surface area contributed by atoms with Crippen LogP contribution in [0.15, 0.2) is 48.5 Å². The summed E-state index contributed by atoms with van der Waals surface area (Å²) >= 11 is 6.08. The van der Waals surface area contributed by atoms with E-state index in [0.717, 1.165) is 16.8 Å². The van der Waals surface area contributed by atoms with Crippen molar-refractivity contribution in [3.63, 3.8) is 0 Å². The number of hydrogen-bond acceptors (Lipinski definition) is 1. The Balaban J connectivity index is 2.17. The lowest BCUT2D eigenvalue weighted by molar-refractivity contribution is 0.209. The number of hydrogen-bond donors (Lipinski definition) is 1. The van der Waals surface area contributed by atoms with Crippen LogP contribution in [0.1, 0.15) is 17.2 Å². The molecule has 1 unspecified atom stereocenters. The number of fused-ring (bicyclic) bond motifs is 1. The summed E-state index contributed by atoms with van der Waals surface area (Å²) in [7, 11) is 1.79. The Labute approximate surface area is 116 Å². The molecule has 96 valence electrons. The van der Waals surface area contributed by atoms with Crippen molar-refractivity contribution in [2.45, 2.75) is 6.04 Å². The molecule has 1 aliphatic heterocycles. The van der Waals surface area contributed by atoms with Crippen LogP contribution >= 0.6 is 11.6 Å². The molecule has 0 saturated carbocycles. The monoisotopic (exact) mass is 272 g/mol. The average Bonchev–Trinajstić information content (AvgIpc) is 2.42. The first kappa shape index (κ1) is 12.1. The van der Waals surface area contributed by atoms with Gasteiger partial charge in [0.1, 0.15) is 0 Å². The lowest BCUT2D eigenvalue weighted by atomic mass is 9.94. The fraction of sp³-hybridized carbons (Fsp3) is 0.133. The second-order valence-electron chi connectivity index (χ2n) is 4.59. The van der Waals surface area contributed by atoms with Gasteiger partial charge < -0.3 is 10.2 Å². The summed E-state index contributed by atoms with van der Waals surface area (Å²) in [4.78, 5) is 13.7. The highest BCUT2D eigenvalue weighted by Gasteiger charge is 2.30. The summed E-state index contributed by atoms with van der Waals surface area (Å²) in [5.74, 6) is 0. The fourth-order valence-electron chi connectivity index (χ4n) is 2.44. The molecule has 2 aromatic carbocycles. The van der Waals surface area contributed by atoms with E-state index >= 15 is 0 Å². The molecule has 0 saturated heterocycles.